The average molecular weight is 304 g/mol. The molecule has 120 valence electrons. The molecule has 0 aliphatic heterocycles. The number of fused-ring (bicyclic) bond motifs is 1. The number of esters is 2. The molecule has 2 rings (SSSR count). The van der Waals surface area contributed by atoms with Gasteiger partial charge >= 0.3 is 11.9 Å². The summed E-state index contributed by atoms with van der Waals surface area (Å²) >= 11 is 0. The smallest absolute Gasteiger partial charge is 0.305 e. The summed E-state index contributed by atoms with van der Waals surface area (Å²) < 4.78 is 9.02. The van der Waals surface area contributed by atoms with Crippen LogP contribution < -0.4 is 0 Å². The van der Waals surface area contributed by atoms with E-state index < -0.39 is 18.2 Å². The Kier molecular flexibility index (Phi) is 6.35. The zero-order valence-electron chi connectivity index (χ0n) is 13.7. The number of hydrogen-bond donors (Lipinski definition) is 0. The van der Waals surface area contributed by atoms with E-state index >= 15 is 0 Å². The highest BCUT2D eigenvalue weighted by Gasteiger charge is 2.28. The fraction of sp³-hybridized carbons (Fsp3) is 0.444. The first-order valence-corrected chi connectivity index (χ1v) is 7.31. The molecule has 1 aromatic carbocycles. The number of rotatable bonds is 3. The number of carbonyl (C=O) groups excluding carboxylic acids is 2. The van der Waals surface area contributed by atoms with Crippen LogP contribution in [0.25, 0.3) is 0 Å². The predicted octanol–water partition coefficient (Wildman–Crippen LogP) is 3.54. The summed E-state index contributed by atoms with van der Waals surface area (Å²) in [4.78, 5) is 20.7. The van der Waals surface area contributed by atoms with Crippen LogP contribution in [0, 0.1) is 0 Å². The van der Waals surface area contributed by atoms with Crippen LogP contribution in [0.2, 0.25) is 0 Å². The highest BCUT2D eigenvalue weighted by atomic mass is 16.7. The second-order valence-electron chi connectivity index (χ2n) is 5.86. The molecule has 0 atom stereocenters. The monoisotopic (exact) mass is 304 g/mol. The molecule has 0 saturated heterocycles. The van der Waals surface area contributed by atoms with Crippen LogP contribution in [0.1, 0.15) is 45.2 Å². The van der Waals surface area contributed by atoms with Gasteiger partial charge in [-0.1, -0.05) is 44.7 Å². The van der Waals surface area contributed by atoms with Gasteiger partial charge in [0, 0.05) is 13.8 Å². The van der Waals surface area contributed by atoms with Crippen molar-refractivity contribution in [1.82, 2.24) is 0 Å². The lowest BCUT2D eigenvalue weighted by atomic mass is 9.87. The molecule has 0 saturated carbocycles. The minimum absolute atomic E-state index is 0.427. The third kappa shape index (κ3) is 5.35. The molecule has 0 N–H and O–H groups in total. The molecule has 0 amide bonds. The first-order chi connectivity index (χ1) is 10.3. The standard InChI is InChI=1S/C11H14.C7H10O4/c1-11(2)8-7-9-5-3-4-6-10(9)11;1-4-7(10-5(2)8)11-6(3)9/h3-6H,7-8H2,1-2H3;4,7H,1H2,2-3H3. The summed E-state index contributed by atoms with van der Waals surface area (Å²) in [6.45, 7) is 10.4. The van der Waals surface area contributed by atoms with Crippen molar-refractivity contribution in [3.05, 3.63) is 48.0 Å². The summed E-state index contributed by atoms with van der Waals surface area (Å²) in [5, 5.41) is 0. The molecule has 0 fully saturated rings. The molecule has 0 radical (unpaired) electrons. The largest absolute Gasteiger partial charge is 0.421 e. The van der Waals surface area contributed by atoms with Crippen molar-refractivity contribution >= 4 is 11.9 Å². The summed E-state index contributed by atoms with van der Waals surface area (Å²) in [5.41, 5.74) is 3.54. The molecule has 0 heterocycles. The molecule has 0 bridgehead atoms. The van der Waals surface area contributed by atoms with E-state index in [4.69, 9.17) is 0 Å². The fourth-order valence-corrected chi connectivity index (χ4v) is 2.43. The van der Waals surface area contributed by atoms with Crippen molar-refractivity contribution in [1.29, 1.82) is 0 Å². The first-order valence-electron chi connectivity index (χ1n) is 7.31. The molecular formula is C18H24O4. The van der Waals surface area contributed by atoms with Crippen LogP contribution in [-0.2, 0) is 30.9 Å². The van der Waals surface area contributed by atoms with Crippen molar-refractivity contribution in [2.24, 2.45) is 0 Å². The zero-order valence-corrected chi connectivity index (χ0v) is 13.7. The normalized spacial score (nSPS) is 14.4. The highest BCUT2D eigenvalue weighted by molar-refractivity contribution is 5.68. The second kappa shape index (κ2) is 7.78. The third-order valence-corrected chi connectivity index (χ3v) is 3.52. The fourth-order valence-electron chi connectivity index (χ4n) is 2.43. The number of aryl methyl sites for hydroxylation is 1. The maximum Gasteiger partial charge on any atom is 0.305 e. The Morgan fingerprint density at radius 2 is 1.73 bits per heavy atom. The van der Waals surface area contributed by atoms with Gasteiger partial charge in [-0.2, -0.15) is 0 Å². The van der Waals surface area contributed by atoms with E-state index in [1.165, 1.54) is 32.8 Å². The van der Waals surface area contributed by atoms with Crippen LogP contribution in [0.4, 0.5) is 0 Å². The van der Waals surface area contributed by atoms with Crippen LogP contribution in [-0.4, -0.2) is 18.2 Å². The third-order valence-electron chi connectivity index (χ3n) is 3.52. The van der Waals surface area contributed by atoms with E-state index in [-0.39, 0.29) is 0 Å². The Balaban J connectivity index is 0.000000220. The lowest BCUT2D eigenvalue weighted by molar-refractivity contribution is -0.176. The summed E-state index contributed by atoms with van der Waals surface area (Å²) in [5.74, 6) is -1.03. The first kappa shape index (κ1) is 18.0. The van der Waals surface area contributed by atoms with Crippen molar-refractivity contribution < 1.29 is 19.1 Å². The van der Waals surface area contributed by atoms with Gasteiger partial charge in [-0.05, 0) is 35.5 Å². The van der Waals surface area contributed by atoms with E-state index in [0.29, 0.717) is 5.41 Å². The molecule has 0 aromatic heterocycles. The molecule has 0 unspecified atom stereocenters. The molecular weight excluding hydrogens is 280 g/mol. The maximum atomic E-state index is 10.3. The van der Waals surface area contributed by atoms with Gasteiger partial charge in [-0.3, -0.25) is 9.59 Å². The van der Waals surface area contributed by atoms with Gasteiger partial charge in [-0.15, -0.1) is 0 Å². The van der Waals surface area contributed by atoms with Gasteiger partial charge in [0.05, 0.1) is 0 Å². The Morgan fingerprint density at radius 1 is 1.18 bits per heavy atom. The molecule has 22 heavy (non-hydrogen) atoms. The maximum absolute atomic E-state index is 10.3. The van der Waals surface area contributed by atoms with Crippen molar-refractivity contribution in [3.63, 3.8) is 0 Å². The van der Waals surface area contributed by atoms with Gasteiger partial charge < -0.3 is 9.47 Å². The molecule has 4 heteroatoms. The van der Waals surface area contributed by atoms with Crippen LogP contribution in [0.3, 0.4) is 0 Å². The van der Waals surface area contributed by atoms with Gasteiger partial charge in [0.2, 0.25) is 0 Å². The Labute approximate surface area is 132 Å². The summed E-state index contributed by atoms with van der Waals surface area (Å²) in [6.07, 6.45) is 2.84. The zero-order chi connectivity index (χ0) is 16.8. The Hall–Kier alpha value is -2.10. The van der Waals surface area contributed by atoms with Gasteiger partial charge in [-0.25, -0.2) is 0 Å². The number of hydrogen-bond acceptors (Lipinski definition) is 4. The summed E-state index contributed by atoms with van der Waals surface area (Å²) in [7, 11) is 0. The van der Waals surface area contributed by atoms with Gasteiger partial charge in [0.1, 0.15) is 0 Å². The minimum atomic E-state index is -0.968. The van der Waals surface area contributed by atoms with Crippen molar-refractivity contribution in [3.8, 4) is 0 Å². The second-order valence-corrected chi connectivity index (χ2v) is 5.86. The molecule has 1 aliphatic carbocycles. The summed E-state index contributed by atoms with van der Waals surface area (Å²) in [6, 6.07) is 8.80. The van der Waals surface area contributed by atoms with Crippen LogP contribution in [0.15, 0.2) is 36.9 Å². The molecule has 4 nitrogen and oxygen atoms in total. The quantitative estimate of drug-likeness (QED) is 0.487. The van der Waals surface area contributed by atoms with Gasteiger partial charge in [0.25, 0.3) is 6.29 Å². The number of ether oxygens (including phenoxy) is 2. The van der Waals surface area contributed by atoms with E-state index in [1.54, 1.807) is 11.1 Å². The van der Waals surface area contributed by atoms with E-state index in [1.807, 2.05) is 0 Å². The van der Waals surface area contributed by atoms with Crippen LogP contribution in [0.5, 0.6) is 0 Å². The number of benzene rings is 1. The van der Waals surface area contributed by atoms with Crippen molar-refractivity contribution in [2.75, 3.05) is 0 Å². The number of carbonyl (C=O) groups is 2. The minimum Gasteiger partial charge on any atom is -0.421 e. The molecule has 0 spiro atoms. The highest BCUT2D eigenvalue weighted by Crippen LogP contribution is 2.37. The van der Waals surface area contributed by atoms with E-state index in [2.05, 4.69) is 54.2 Å². The topological polar surface area (TPSA) is 52.6 Å². The Bertz CT molecular complexity index is 530. The molecule has 1 aromatic rings. The van der Waals surface area contributed by atoms with E-state index in [0.717, 1.165) is 0 Å². The Morgan fingerprint density at radius 3 is 2.18 bits per heavy atom. The van der Waals surface area contributed by atoms with E-state index in [9.17, 15) is 9.59 Å². The van der Waals surface area contributed by atoms with Crippen molar-refractivity contribution in [2.45, 2.75) is 52.2 Å². The average Bonchev–Trinajstić information content (AvgIpc) is 2.74. The lowest BCUT2D eigenvalue weighted by Crippen LogP contribution is -2.19. The lowest BCUT2D eigenvalue weighted by Gasteiger charge is -2.18. The molecule has 1 aliphatic rings. The van der Waals surface area contributed by atoms with Gasteiger partial charge in [0.15, 0.2) is 0 Å². The SMILES string of the molecule is C=CC(OC(C)=O)OC(C)=O.CC1(C)CCc2ccccc21. The predicted molar refractivity (Wildman–Crippen MR) is 85.3 cm³/mol. The van der Waals surface area contributed by atoms with Crippen LogP contribution >= 0.6 is 0 Å².